The van der Waals surface area contributed by atoms with E-state index in [0.717, 1.165) is 12.1 Å². The van der Waals surface area contributed by atoms with Gasteiger partial charge in [0.15, 0.2) is 0 Å². The molecule has 3 aromatic rings. The van der Waals surface area contributed by atoms with Gasteiger partial charge in [-0.1, -0.05) is 72.3 Å². The van der Waals surface area contributed by atoms with Gasteiger partial charge in [-0.05, 0) is 46.6 Å². The van der Waals surface area contributed by atoms with Crippen LogP contribution in [0, 0.1) is 6.92 Å². The van der Waals surface area contributed by atoms with Crippen molar-refractivity contribution in [2.24, 2.45) is 0 Å². The van der Waals surface area contributed by atoms with Gasteiger partial charge >= 0.3 is 0 Å². The molecule has 4 rings (SSSR count). The number of benzene rings is 2. The Hall–Kier alpha value is -1.90. The SMILES string of the molecule is Cc1nc(Cl)cc2c1CC[Si]2(c1ccccc1)c1ccccc1. The first-order valence-corrected chi connectivity index (χ1v) is 10.6. The van der Waals surface area contributed by atoms with Crippen molar-refractivity contribution in [3.05, 3.63) is 83.1 Å². The molecule has 0 spiro atoms. The molecule has 1 aliphatic rings. The van der Waals surface area contributed by atoms with E-state index in [-0.39, 0.29) is 0 Å². The van der Waals surface area contributed by atoms with Crippen molar-refractivity contribution < 1.29 is 0 Å². The van der Waals surface area contributed by atoms with Crippen molar-refractivity contribution in [1.29, 1.82) is 0 Å². The van der Waals surface area contributed by atoms with Crippen molar-refractivity contribution in [1.82, 2.24) is 4.98 Å². The lowest BCUT2D eigenvalue weighted by atomic mass is 10.1. The van der Waals surface area contributed by atoms with Crippen molar-refractivity contribution in [3.8, 4) is 0 Å². The van der Waals surface area contributed by atoms with Crippen LogP contribution in [0.25, 0.3) is 0 Å². The highest BCUT2D eigenvalue weighted by Crippen LogP contribution is 2.27. The van der Waals surface area contributed by atoms with Crippen LogP contribution in [-0.2, 0) is 6.42 Å². The summed E-state index contributed by atoms with van der Waals surface area (Å²) in [5.41, 5.74) is 2.50. The van der Waals surface area contributed by atoms with Crippen molar-refractivity contribution in [2.75, 3.05) is 0 Å². The van der Waals surface area contributed by atoms with Gasteiger partial charge in [0.05, 0.1) is 0 Å². The average Bonchev–Trinajstić information content (AvgIpc) is 2.97. The van der Waals surface area contributed by atoms with Crippen LogP contribution < -0.4 is 15.6 Å². The van der Waals surface area contributed by atoms with Crippen LogP contribution in [0.5, 0.6) is 0 Å². The number of pyridine rings is 1. The van der Waals surface area contributed by atoms with Gasteiger partial charge in [0, 0.05) is 5.69 Å². The number of halogens is 1. The minimum atomic E-state index is -1.99. The lowest BCUT2D eigenvalue weighted by molar-refractivity contribution is 1.08. The highest BCUT2D eigenvalue weighted by molar-refractivity contribution is 7.12. The molecule has 1 aliphatic heterocycles. The number of hydrogen-bond acceptors (Lipinski definition) is 1. The fraction of sp³-hybridized carbons (Fsp3) is 0.150. The lowest BCUT2D eigenvalue weighted by Gasteiger charge is -2.30. The van der Waals surface area contributed by atoms with Gasteiger partial charge in [0.2, 0.25) is 0 Å². The molecule has 23 heavy (non-hydrogen) atoms. The summed E-state index contributed by atoms with van der Waals surface area (Å²) in [7, 11) is -1.99. The Labute approximate surface area is 143 Å². The van der Waals surface area contributed by atoms with Crippen LogP contribution in [0.2, 0.25) is 11.2 Å². The van der Waals surface area contributed by atoms with E-state index in [1.807, 2.05) is 0 Å². The molecule has 0 N–H and O–H groups in total. The Morgan fingerprint density at radius 2 is 1.48 bits per heavy atom. The largest absolute Gasteiger partial charge is 0.241 e. The minimum absolute atomic E-state index is 0.617. The first-order chi connectivity index (χ1) is 11.2. The number of aromatic nitrogens is 1. The summed E-state index contributed by atoms with van der Waals surface area (Å²) in [5.74, 6) is 0. The normalized spacial score (nSPS) is 15.4. The maximum absolute atomic E-state index is 6.34. The molecule has 0 aliphatic carbocycles. The number of hydrogen-bond donors (Lipinski definition) is 0. The Morgan fingerprint density at radius 3 is 2.04 bits per heavy atom. The third-order valence-corrected chi connectivity index (χ3v) is 10.2. The molecule has 0 saturated heterocycles. The molecule has 0 radical (unpaired) electrons. The highest BCUT2D eigenvalue weighted by Gasteiger charge is 2.45. The fourth-order valence-electron chi connectivity index (χ4n) is 4.02. The molecular weight excluding hydrogens is 318 g/mol. The molecule has 1 aromatic heterocycles. The topological polar surface area (TPSA) is 12.9 Å². The molecule has 0 atom stereocenters. The molecule has 0 saturated carbocycles. The predicted molar refractivity (Wildman–Crippen MR) is 100 cm³/mol. The van der Waals surface area contributed by atoms with E-state index in [0.29, 0.717) is 5.15 Å². The summed E-state index contributed by atoms with van der Waals surface area (Å²) in [4.78, 5) is 4.49. The first kappa shape index (κ1) is 14.7. The van der Waals surface area contributed by atoms with E-state index in [4.69, 9.17) is 11.6 Å². The Balaban J connectivity index is 2.05. The highest BCUT2D eigenvalue weighted by atomic mass is 35.5. The second-order valence-electron chi connectivity index (χ2n) is 6.19. The summed E-state index contributed by atoms with van der Waals surface area (Å²) in [6, 6.07) is 25.3. The summed E-state index contributed by atoms with van der Waals surface area (Å²) in [5, 5.41) is 5.00. The van der Waals surface area contributed by atoms with E-state index in [1.54, 1.807) is 0 Å². The Morgan fingerprint density at radius 1 is 0.913 bits per heavy atom. The third-order valence-electron chi connectivity index (χ3n) is 5.04. The molecule has 114 valence electrons. The summed E-state index contributed by atoms with van der Waals surface area (Å²) >= 11 is 6.34. The smallest absolute Gasteiger partial charge is 0.149 e. The number of rotatable bonds is 2. The molecule has 3 heteroatoms. The third kappa shape index (κ3) is 2.25. The molecule has 2 aromatic carbocycles. The average molecular weight is 336 g/mol. The van der Waals surface area contributed by atoms with E-state index >= 15 is 0 Å². The quantitative estimate of drug-likeness (QED) is 0.518. The lowest BCUT2D eigenvalue weighted by Crippen LogP contribution is -2.65. The zero-order valence-electron chi connectivity index (χ0n) is 13.1. The van der Waals surface area contributed by atoms with Gasteiger partial charge in [0.25, 0.3) is 0 Å². The summed E-state index contributed by atoms with van der Waals surface area (Å²) in [6.45, 7) is 2.09. The summed E-state index contributed by atoms with van der Waals surface area (Å²) < 4.78 is 0. The second kappa shape index (κ2) is 5.62. The van der Waals surface area contributed by atoms with E-state index in [1.165, 1.54) is 27.2 Å². The Kier molecular flexibility index (Phi) is 3.59. The zero-order valence-corrected chi connectivity index (χ0v) is 14.8. The van der Waals surface area contributed by atoms with E-state index in [2.05, 4.69) is 78.6 Å². The zero-order chi connectivity index (χ0) is 15.9. The van der Waals surface area contributed by atoms with E-state index in [9.17, 15) is 0 Å². The van der Waals surface area contributed by atoms with Crippen LogP contribution in [-0.4, -0.2) is 13.1 Å². The molecule has 0 bridgehead atoms. The summed E-state index contributed by atoms with van der Waals surface area (Å²) in [6.07, 6.45) is 1.10. The maximum Gasteiger partial charge on any atom is 0.149 e. The van der Waals surface area contributed by atoms with Crippen LogP contribution in [0.4, 0.5) is 0 Å². The standard InChI is InChI=1S/C20H18ClNSi/c1-15-18-12-13-23(16-8-4-2-5-9-16,17-10-6-3-7-11-17)19(18)14-20(21)22-15/h2-11,14H,12-13H2,1H3. The van der Waals surface area contributed by atoms with Crippen molar-refractivity contribution >= 4 is 35.2 Å². The monoisotopic (exact) mass is 335 g/mol. The maximum atomic E-state index is 6.34. The Bertz CT molecular complexity index is 807. The first-order valence-electron chi connectivity index (χ1n) is 7.99. The van der Waals surface area contributed by atoms with Crippen LogP contribution >= 0.6 is 11.6 Å². The fourth-order valence-corrected chi connectivity index (χ4v) is 9.50. The van der Waals surface area contributed by atoms with Crippen LogP contribution in [0.3, 0.4) is 0 Å². The number of nitrogens with zero attached hydrogens (tertiary/aromatic N) is 1. The van der Waals surface area contributed by atoms with Crippen molar-refractivity contribution in [2.45, 2.75) is 19.4 Å². The van der Waals surface area contributed by atoms with Crippen molar-refractivity contribution in [3.63, 3.8) is 0 Å². The van der Waals surface area contributed by atoms with Gasteiger partial charge < -0.3 is 0 Å². The molecular formula is C20H18ClNSi. The van der Waals surface area contributed by atoms with Gasteiger partial charge in [-0.15, -0.1) is 0 Å². The predicted octanol–water partition coefficient (Wildman–Crippen LogP) is 3.07. The van der Waals surface area contributed by atoms with Gasteiger partial charge in [-0.3, -0.25) is 0 Å². The van der Waals surface area contributed by atoms with Gasteiger partial charge in [-0.2, -0.15) is 0 Å². The van der Waals surface area contributed by atoms with Gasteiger partial charge in [-0.25, -0.2) is 4.98 Å². The molecule has 0 unspecified atom stereocenters. The molecule has 1 nitrogen and oxygen atoms in total. The van der Waals surface area contributed by atoms with Crippen LogP contribution in [0.1, 0.15) is 11.3 Å². The molecule has 2 heterocycles. The number of aryl methyl sites for hydroxylation is 1. The van der Waals surface area contributed by atoms with Crippen LogP contribution in [0.15, 0.2) is 66.7 Å². The van der Waals surface area contributed by atoms with Gasteiger partial charge in [0.1, 0.15) is 13.2 Å². The van der Waals surface area contributed by atoms with E-state index < -0.39 is 8.07 Å². The minimum Gasteiger partial charge on any atom is -0.241 e. The second-order valence-corrected chi connectivity index (χ2v) is 10.6. The molecule has 0 amide bonds. The number of fused-ring (bicyclic) bond motifs is 1. The molecule has 0 fully saturated rings.